The molecule has 0 radical (unpaired) electrons. The van der Waals surface area contributed by atoms with Gasteiger partial charge < -0.3 is 10.3 Å². The normalized spacial score (nSPS) is 13.4. The second-order valence-corrected chi connectivity index (χ2v) is 5.41. The zero-order valence-electron chi connectivity index (χ0n) is 11.9. The SMILES string of the molecule is CCn1c(C(CN)CC(C)C)nc2ccc(F)cc21. The number of nitrogens with zero attached hydrogens (tertiary/aromatic N) is 2. The van der Waals surface area contributed by atoms with Crippen molar-refractivity contribution in [1.82, 2.24) is 9.55 Å². The van der Waals surface area contributed by atoms with Gasteiger partial charge in [-0.2, -0.15) is 0 Å². The van der Waals surface area contributed by atoms with E-state index in [9.17, 15) is 4.39 Å². The summed E-state index contributed by atoms with van der Waals surface area (Å²) in [7, 11) is 0. The number of aromatic nitrogens is 2. The minimum atomic E-state index is -0.221. The molecule has 0 bridgehead atoms. The fourth-order valence-corrected chi connectivity index (χ4v) is 2.63. The van der Waals surface area contributed by atoms with E-state index in [-0.39, 0.29) is 11.7 Å². The molecular formula is C15H22FN3. The van der Waals surface area contributed by atoms with Gasteiger partial charge >= 0.3 is 0 Å². The first-order chi connectivity index (χ1) is 9.06. The molecule has 1 atom stereocenters. The van der Waals surface area contributed by atoms with Crippen molar-refractivity contribution in [3.05, 3.63) is 29.8 Å². The molecule has 0 aliphatic carbocycles. The second kappa shape index (κ2) is 5.70. The first kappa shape index (κ1) is 14.0. The summed E-state index contributed by atoms with van der Waals surface area (Å²) in [6, 6.07) is 4.75. The Bertz CT molecular complexity index is 560. The van der Waals surface area contributed by atoms with Gasteiger partial charge in [-0.25, -0.2) is 9.37 Å². The van der Waals surface area contributed by atoms with Crippen molar-refractivity contribution in [2.75, 3.05) is 6.54 Å². The smallest absolute Gasteiger partial charge is 0.125 e. The zero-order valence-corrected chi connectivity index (χ0v) is 11.9. The average molecular weight is 263 g/mol. The van der Waals surface area contributed by atoms with Gasteiger partial charge in [0.2, 0.25) is 0 Å². The van der Waals surface area contributed by atoms with E-state index in [0.29, 0.717) is 12.5 Å². The molecule has 0 saturated heterocycles. The number of benzene rings is 1. The molecule has 0 saturated carbocycles. The van der Waals surface area contributed by atoms with Crippen LogP contribution in [0.4, 0.5) is 4.39 Å². The summed E-state index contributed by atoms with van der Waals surface area (Å²) in [5, 5.41) is 0. The summed E-state index contributed by atoms with van der Waals surface area (Å²) in [5.41, 5.74) is 7.61. The minimum absolute atomic E-state index is 0.221. The Kier molecular flexibility index (Phi) is 4.20. The van der Waals surface area contributed by atoms with Gasteiger partial charge in [0.1, 0.15) is 11.6 Å². The molecule has 0 aliphatic heterocycles. The molecule has 1 aromatic carbocycles. The molecular weight excluding hydrogens is 241 g/mol. The van der Waals surface area contributed by atoms with Gasteiger partial charge in [0, 0.05) is 19.0 Å². The lowest BCUT2D eigenvalue weighted by molar-refractivity contribution is 0.474. The maximum Gasteiger partial charge on any atom is 0.125 e. The van der Waals surface area contributed by atoms with E-state index >= 15 is 0 Å². The van der Waals surface area contributed by atoms with E-state index in [2.05, 4.69) is 30.3 Å². The Balaban J connectivity index is 2.52. The lowest BCUT2D eigenvalue weighted by atomic mass is 9.96. The van der Waals surface area contributed by atoms with Crippen LogP contribution in [-0.4, -0.2) is 16.1 Å². The first-order valence-electron chi connectivity index (χ1n) is 6.92. The van der Waals surface area contributed by atoms with Gasteiger partial charge in [-0.05, 0) is 37.5 Å². The largest absolute Gasteiger partial charge is 0.330 e. The predicted octanol–water partition coefficient (Wildman–Crippen LogP) is 3.28. The molecule has 19 heavy (non-hydrogen) atoms. The van der Waals surface area contributed by atoms with Crippen molar-refractivity contribution in [2.45, 2.75) is 39.7 Å². The molecule has 1 heterocycles. The van der Waals surface area contributed by atoms with Crippen LogP contribution < -0.4 is 5.73 Å². The molecule has 0 aliphatic rings. The predicted molar refractivity (Wildman–Crippen MR) is 76.6 cm³/mol. The maximum atomic E-state index is 13.4. The van der Waals surface area contributed by atoms with E-state index in [1.54, 1.807) is 12.1 Å². The van der Waals surface area contributed by atoms with E-state index < -0.39 is 0 Å². The summed E-state index contributed by atoms with van der Waals surface area (Å²) in [5.74, 6) is 1.56. The molecule has 2 rings (SSSR count). The highest BCUT2D eigenvalue weighted by Gasteiger charge is 2.19. The fraction of sp³-hybridized carbons (Fsp3) is 0.533. The maximum absolute atomic E-state index is 13.4. The lowest BCUT2D eigenvalue weighted by Gasteiger charge is -2.18. The third-order valence-corrected chi connectivity index (χ3v) is 3.46. The zero-order chi connectivity index (χ0) is 14.0. The summed E-state index contributed by atoms with van der Waals surface area (Å²) in [4.78, 5) is 4.67. The monoisotopic (exact) mass is 263 g/mol. The minimum Gasteiger partial charge on any atom is -0.330 e. The third kappa shape index (κ3) is 2.78. The molecule has 4 heteroatoms. The molecule has 3 nitrogen and oxygen atoms in total. The Morgan fingerprint density at radius 1 is 1.37 bits per heavy atom. The molecule has 0 spiro atoms. The summed E-state index contributed by atoms with van der Waals surface area (Å²) in [6.07, 6.45) is 1.00. The number of hydrogen-bond acceptors (Lipinski definition) is 2. The molecule has 1 aromatic heterocycles. The highest BCUT2D eigenvalue weighted by molar-refractivity contribution is 5.76. The lowest BCUT2D eigenvalue weighted by Crippen LogP contribution is -2.19. The van der Waals surface area contributed by atoms with Crippen LogP contribution in [0.25, 0.3) is 11.0 Å². The Morgan fingerprint density at radius 3 is 2.68 bits per heavy atom. The van der Waals surface area contributed by atoms with Gasteiger partial charge in [-0.3, -0.25) is 0 Å². The third-order valence-electron chi connectivity index (χ3n) is 3.46. The van der Waals surface area contributed by atoms with E-state index in [0.717, 1.165) is 29.8 Å². The van der Waals surface area contributed by atoms with Crippen LogP contribution in [0.5, 0.6) is 0 Å². The second-order valence-electron chi connectivity index (χ2n) is 5.41. The summed E-state index contributed by atoms with van der Waals surface area (Å²) < 4.78 is 15.5. The van der Waals surface area contributed by atoms with Gasteiger partial charge in [0.25, 0.3) is 0 Å². The van der Waals surface area contributed by atoms with Crippen LogP contribution in [0.3, 0.4) is 0 Å². The number of halogens is 1. The van der Waals surface area contributed by atoms with E-state index in [1.807, 2.05) is 0 Å². The Hall–Kier alpha value is -1.42. The average Bonchev–Trinajstić information content (AvgIpc) is 2.73. The van der Waals surface area contributed by atoms with Gasteiger partial charge in [0.15, 0.2) is 0 Å². The molecule has 2 aromatic rings. The van der Waals surface area contributed by atoms with Crippen molar-refractivity contribution in [3.63, 3.8) is 0 Å². The van der Waals surface area contributed by atoms with Crippen LogP contribution in [0.2, 0.25) is 0 Å². The van der Waals surface area contributed by atoms with Crippen molar-refractivity contribution in [3.8, 4) is 0 Å². The molecule has 0 amide bonds. The molecule has 0 fully saturated rings. The quantitative estimate of drug-likeness (QED) is 0.899. The highest BCUT2D eigenvalue weighted by Crippen LogP contribution is 2.26. The summed E-state index contributed by atoms with van der Waals surface area (Å²) in [6.45, 7) is 7.77. The number of imidazole rings is 1. The van der Waals surface area contributed by atoms with Gasteiger partial charge in [-0.15, -0.1) is 0 Å². The van der Waals surface area contributed by atoms with Crippen molar-refractivity contribution < 1.29 is 4.39 Å². The van der Waals surface area contributed by atoms with E-state index in [4.69, 9.17) is 5.73 Å². The number of fused-ring (bicyclic) bond motifs is 1. The van der Waals surface area contributed by atoms with Gasteiger partial charge in [-0.1, -0.05) is 13.8 Å². The Labute approximate surface area is 113 Å². The molecule has 2 N–H and O–H groups in total. The van der Waals surface area contributed by atoms with E-state index in [1.165, 1.54) is 6.07 Å². The van der Waals surface area contributed by atoms with Crippen LogP contribution in [0.15, 0.2) is 18.2 Å². The number of nitrogens with two attached hydrogens (primary N) is 1. The van der Waals surface area contributed by atoms with Crippen LogP contribution >= 0.6 is 0 Å². The number of rotatable bonds is 5. The van der Waals surface area contributed by atoms with Crippen LogP contribution in [0, 0.1) is 11.7 Å². The standard InChI is InChI=1S/C15H22FN3/c1-4-19-14-8-12(16)5-6-13(14)18-15(19)11(9-17)7-10(2)3/h5-6,8,10-11H,4,7,9,17H2,1-3H3. The van der Waals surface area contributed by atoms with Crippen LogP contribution in [-0.2, 0) is 6.54 Å². The first-order valence-corrected chi connectivity index (χ1v) is 6.92. The number of aryl methyl sites for hydroxylation is 1. The van der Waals surface area contributed by atoms with Gasteiger partial charge in [0.05, 0.1) is 11.0 Å². The van der Waals surface area contributed by atoms with Crippen molar-refractivity contribution >= 4 is 11.0 Å². The number of hydrogen-bond donors (Lipinski definition) is 1. The van der Waals surface area contributed by atoms with Crippen molar-refractivity contribution in [1.29, 1.82) is 0 Å². The Morgan fingerprint density at radius 2 is 2.11 bits per heavy atom. The topological polar surface area (TPSA) is 43.8 Å². The van der Waals surface area contributed by atoms with Crippen molar-refractivity contribution in [2.24, 2.45) is 11.7 Å². The molecule has 104 valence electrons. The highest BCUT2D eigenvalue weighted by atomic mass is 19.1. The fourth-order valence-electron chi connectivity index (χ4n) is 2.63. The molecule has 1 unspecified atom stereocenters. The van der Waals surface area contributed by atoms with Crippen LogP contribution in [0.1, 0.15) is 38.9 Å². The summed E-state index contributed by atoms with van der Waals surface area (Å²) >= 11 is 0.